The van der Waals surface area contributed by atoms with E-state index in [-0.39, 0.29) is 29.2 Å². The van der Waals surface area contributed by atoms with E-state index in [1.54, 1.807) is 0 Å². The molecular weight excluding hydrogens is 298 g/mol. The van der Waals surface area contributed by atoms with Crippen molar-refractivity contribution in [2.24, 2.45) is 16.7 Å². The van der Waals surface area contributed by atoms with Gasteiger partial charge >= 0.3 is 5.69 Å². The number of rotatable bonds is 6. The molecule has 0 unspecified atom stereocenters. The minimum Gasteiger partial charge on any atom is -0.383 e. The van der Waals surface area contributed by atoms with Crippen LogP contribution in [0.5, 0.6) is 0 Å². The number of aromatic amines is 1. The lowest BCUT2D eigenvalue weighted by Crippen LogP contribution is -2.36. The van der Waals surface area contributed by atoms with Gasteiger partial charge in [-0.1, -0.05) is 27.7 Å². The molecule has 0 spiro atoms. The molecule has 1 aromatic rings. The Labute approximate surface area is 135 Å². The van der Waals surface area contributed by atoms with Gasteiger partial charge < -0.3 is 10.1 Å². The zero-order valence-electron chi connectivity index (χ0n) is 14.4. The summed E-state index contributed by atoms with van der Waals surface area (Å²) in [4.78, 5) is 38.2. The molecule has 23 heavy (non-hydrogen) atoms. The van der Waals surface area contributed by atoms with E-state index >= 15 is 0 Å². The van der Waals surface area contributed by atoms with Crippen LogP contribution >= 0.6 is 0 Å². The fourth-order valence-corrected chi connectivity index (χ4v) is 3.17. The number of hydrogen-bond acceptors (Lipinski definition) is 4. The van der Waals surface area contributed by atoms with Crippen molar-refractivity contribution >= 4 is 5.91 Å². The number of nitrogens with zero attached hydrogens (tertiary/aromatic N) is 1. The van der Waals surface area contributed by atoms with Crippen molar-refractivity contribution < 1.29 is 9.53 Å². The number of H-pyrrole nitrogens is 1. The Kier molecular flexibility index (Phi) is 4.52. The zero-order valence-corrected chi connectivity index (χ0v) is 14.4. The third kappa shape index (κ3) is 3.10. The minimum absolute atomic E-state index is 0.0548. The first-order valence-electron chi connectivity index (χ1n) is 7.72. The monoisotopic (exact) mass is 323 g/mol. The Morgan fingerprint density at radius 2 is 1.91 bits per heavy atom. The van der Waals surface area contributed by atoms with E-state index in [9.17, 15) is 14.4 Å². The Morgan fingerprint density at radius 1 is 1.30 bits per heavy atom. The molecule has 1 amide bonds. The van der Waals surface area contributed by atoms with Crippen LogP contribution in [0.1, 0.15) is 33.3 Å². The van der Waals surface area contributed by atoms with E-state index in [0.29, 0.717) is 18.7 Å². The Bertz CT molecular complexity index is 701. The molecule has 1 saturated carbocycles. The van der Waals surface area contributed by atoms with Crippen molar-refractivity contribution in [1.82, 2.24) is 14.9 Å². The molecule has 1 aliphatic rings. The summed E-state index contributed by atoms with van der Waals surface area (Å²) < 4.78 is 6.31. The Morgan fingerprint density at radius 3 is 2.43 bits per heavy atom. The lowest BCUT2D eigenvalue weighted by Gasteiger charge is -2.09. The van der Waals surface area contributed by atoms with Gasteiger partial charge in [0, 0.05) is 25.8 Å². The number of ether oxygens (including phenoxy) is 1. The number of methoxy groups -OCH3 is 1. The average molecular weight is 323 g/mol. The van der Waals surface area contributed by atoms with Gasteiger partial charge in [-0.25, -0.2) is 4.79 Å². The number of nitrogens with one attached hydrogen (secondary N) is 2. The van der Waals surface area contributed by atoms with Gasteiger partial charge in [0.05, 0.1) is 18.7 Å². The number of carbonyl (C=O) groups is 1. The van der Waals surface area contributed by atoms with Crippen molar-refractivity contribution in [2.45, 2.75) is 40.8 Å². The normalized spacial score (nSPS) is 18.7. The topological polar surface area (TPSA) is 93.2 Å². The highest BCUT2D eigenvalue weighted by Crippen LogP contribution is 2.68. The van der Waals surface area contributed by atoms with Crippen LogP contribution in [-0.2, 0) is 22.6 Å². The lowest BCUT2D eigenvalue weighted by molar-refractivity contribution is -0.123. The Balaban J connectivity index is 2.08. The highest BCUT2D eigenvalue weighted by Gasteiger charge is 2.68. The van der Waals surface area contributed by atoms with Crippen LogP contribution in [0.15, 0.2) is 15.8 Å². The molecule has 2 N–H and O–H groups in total. The fraction of sp³-hybridized carbons (Fsp3) is 0.688. The number of carbonyl (C=O) groups excluding carboxylic acids is 1. The summed E-state index contributed by atoms with van der Waals surface area (Å²) in [6.07, 6.45) is 1.48. The van der Waals surface area contributed by atoms with Crippen molar-refractivity contribution in [3.8, 4) is 0 Å². The third-order valence-electron chi connectivity index (χ3n) is 5.36. The maximum Gasteiger partial charge on any atom is 0.328 e. The largest absolute Gasteiger partial charge is 0.383 e. The second-order valence-corrected chi connectivity index (χ2v) is 7.19. The fourth-order valence-electron chi connectivity index (χ4n) is 3.17. The van der Waals surface area contributed by atoms with Crippen molar-refractivity contribution in [2.75, 3.05) is 13.7 Å². The predicted octanol–water partition coefficient (Wildman–Crippen LogP) is 0.481. The highest BCUT2D eigenvalue weighted by atomic mass is 16.5. The molecule has 0 aliphatic heterocycles. The molecule has 0 aromatic carbocycles. The van der Waals surface area contributed by atoms with Gasteiger partial charge in [0.25, 0.3) is 5.56 Å². The molecule has 1 aliphatic carbocycles. The molecule has 0 radical (unpaired) electrons. The summed E-state index contributed by atoms with van der Waals surface area (Å²) in [5.41, 5.74) is -0.711. The average Bonchev–Trinajstić information content (AvgIpc) is 2.86. The van der Waals surface area contributed by atoms with E-state index in [4.69, 9.17) is 4.74 Å². The van der Waals surface area contributed by atoms with Crippen LogP contribution < -0.4 is 16.6 Å². The van der Waals surface area contributed by atoms with E-state index in [2.05, 4.69) is 38.0 Å². The molecule has 0 saturated heterocycles. The molecule has 2 rings (SSSR count). The summed E-state index contributed by atoms with van der Waals surface area (Å²) in [5, 5.41) is 2.81. The quantitative estimate of drug-likeness (QED) is 0.796. The first kappa shape index (κ1) is 17.5. The minimum atomic E-state index is -0.480. The second kappa shape index (κ2) is 5.96. The van der Waals surface area contributed by atoms with Crippen LogP contribution in [0.25, 0.3) is 0 Å². The van der Waals surface area contributed by atoms with Crippen molar-refractivity contribution in [3.05, 3.63) is 32.6 Å². The second-order valence-electron chi connectivity index (χ2n) is 7.19. The van der Waals surface area contributed by atoms with Gasteiger partial charge in [-0.3, -0.25) is 19.1 Å². The summed E-state index contributed by atoms with van der Waals surface area (Å²) in [6.45, 7) is 9.07. The lowest BCUT2D eigenvalue weighted by atomic mass is 10.0. The summed E-state index contributed by atoms with van der Waals surface area (Å²) in [5.74, 6) is -0.137. The van der Waals surface area contributed by atoms with Gasteiger partial charge in [0.15, 0.2) is 0 Å². The van der Waals surface area contributed by atoms with Gasteiger partial charge in [0.1, 0.15) is 0 Å². The van der Waals surface area contributed by atoms with Crippen molar-refractivity contribution in [1.29, 1.82) is 0 Å². The summed E-state index contributed by atoms with van der Waals surface area (Å²) in [6, 6.07) is 0. The van der Waals surface area contributed by atoms with Crippen LogP contribution in [0.2, 0.25) is 0 Å². The molecule has 7 nitrogen and oxygen atoms in total. The van der Waals surface area contributed by atoms with Gasteiger partial charge in [-0.2, -0.15) is 0 Å². The maximum atomic E-state index is 12.3. The summed E-state index contributed by atoms with van der Waals surface area (Å²) in [7, 11) is 1.54. The van der Waals surface area contributed by atoms with E-state index in [1.807, 2.05) is 0 Å². The first-order valence-corrected chi connectivity index (χ1v) is 7.72. The van der Waals surface area contributed by atoms with E-state index in [0.717, 1.165) is 0 Å². The van der Waals surface area contributed by atoms with Crippen molar-refractivity contribution in [3.63, 3.8) is 0 Å². The molecule has 1 aromatic heterocycles. The smallest absolute Gasteiger partial charge is 0.328 e. The standard InChI is InChI=1S/C16H25N3O4/c1-15(2)11(16(15,3)4)13(21)17-8-10-9-19(6-7-23-5)14(22)18-12(10)20/h9,11H,6-8H2,1-5H3,(H,17,21)(H,18,20,22). The van der Waals surface area contributed by atoms with E-state index in [1.165, 1.54) is 17.9 Å². The molecule has 1 fully saturated rings. The first-order chi connectivity index (χ1) is 10.6. The van der Waals surface area contributed by atoms with Gasteiger partial charge in [0.2, 0.25) is 5.91 Å². The van der Waals surface area contributed by atoms with Gasteiger partial charge in [-0.15, -0.1) is 0 Å². The predicted molar refractivity (Wildman–Crippen MR) is 86.1 cm³/mol. The van der Waals surface area contributed by atoms with Gasteiger partial charge in [-0.05, 0) is 10.8 Å². The van der Waals surface area contributed by atoms with Crippen LogP contribution in [0, 0.1) is 16.7 Å². The number of aromatic nitrogens is 2. The maximum absolute atomic E-state index is 12.3. The molecule has 128 valence electrons. The van der Waals surface area contributed by atoms with E-state index < -0.39 is 11.2 Å². The highest BCUT2D eigenvalue weighted by molar-refractivity contribution is 5.84. The molecule has 7 heteroatoms. The summed E-state index contributed by atoms with van der Waals surface area (Å²) >= 11 is 0. The van der Waals surface area contributed by atoms with Crippen LogP contribution in [-0.4, -0.2) is 29.2 Å². The van der Waals surface area contributed by atoms with Crippen LogP contribution in [0.4, 0.5) is 0 Å². The third-order valence-corrected chi connectivity index (χ3v) is 5.36. The molecule has 1 heterocycles. The molecule has 0 bridgehead atoms. The zero-order chi connectivity index (χ0) is 17.4. The Hall–Kier alpha value is -1.89. The SMILES string of the molecule is COCCn1cc(CNC(=O)C2C(C)(C)C2(C)C)c(=O)[nH]c1=O. The molecular formula is C16H25N3O4. The number of amides is 1. The van der Waals surface area contributed by atoms with Crippen LogP contribution in [0.3, 0.4) is 0 Å². The molecule has 0 atom stereocenters. The number of hydrogen-bond donors (Lipinski definition) is 2.